The maximum absolute atomic E-state index is 5.82. The fourth-order valence-electron chi connectivity index (χ4n) is 2.68. The number of methoxy groups -OCH3 is 1. The van der Waals surface area contributed by atoms with Crippen LogP contribution in [0.2, 0.25) is 0 Å². The molecule has 2 rings (SSSR count). The van der Waals surface area contributed by atoms with E-state index in [0.29, 0.717) is 6.04 Å². The molecule has 1 N–H and O–H groups in total. The number of benzene rings is 1. The van der Waals surface area contributed by atoms with Crippen molar-refractivity contribution in [1.82, 2.24) is 5.32 Å². The average molecular weight is 233 g/mol. The fourth-order valence-corrected chi connectivity index (χ4v) is 2.68. The van der Waals surface area contributed by atoms with E-state index in [0.717, 1.165) is 13.0 Å². The van der Waals surface area contributed by atoms with Gasteiger partial charge in [0.15, 0.2) is 0 Å². The first-order valence-corrected chi connectivity index (χ1v) is 6.66. The molecule has 1 aliphatic carbocycles. The minimum absolute atomic E-state index is 0.0243. The molecule has 17 heavy (non-hydrogen) atoms. The SMILES string of the molecule is CCCNC(c1ccccc1)C1(OC)CCC1. The molecule has 1 fully saturated rings. The molecule has 1 aliphatic rings. The summed E-state index contributed by atoms with van der Waals surface area (Å²) in [5.41, 5.74) is 1.37. The van der Waals surface area contributed by atoms with E-state index in [2.05, 4.69) is 42.6 Å². The third kappa shape index (κ3) is 2.53. The Hall–Kier alpha value is -0.860. The van der Waals surface area contributed by atoms with Gasteiger partial charge in [-0.15, -0.1) is 0 Å². The summed E-state index contributed by atoms with van der Waals surface area (Å²) in [6.45, 7) is 3.25. The topological polar surface area (TPSA) is 21.3 Å². The van der Waals surface area contributed by atoms with Gasteiger partial charge in [-0.25, -0.2) is 0 Å². The van der Waals surface area contributed by atoms with Gasteiger partial charge in [0.2, 0.25) is 0 Å². The Labute approximate surface area is 104 Å². The molecule has 94 valence electrons. The first-order valence-electron chi connectivity index (χ1n) is 6.66. The zero-order chi connectivity index (χ0) is 12.1. The maximum Gasteiger partial charge on any atom is 0.0872 e. The van der Waals surface area contributed by atoms with E-state index in [1.807, 2.05) is 7.11 Å². The zero-order valence-electron chi connectivity index (χ0n) is 10.9. The molecule has 1 aromatic rings. The second-order valence-corrected chi connectivity index (χ2v) is 4.92. The Kier molecular flexibility index (Phi) is 4.19. The summed E-state index contributed by atoms with van der Waals surface area (Å²) in [6.07, 6.45) is 4.77. The second-order valence-electron chi connectivity index (χ2n) is 4.92. The van der Waals surface area contributed by atoms with Crippen molar-refractivity contribution in [2.24, 2.45) is 0 Å². The Morgan fingerprint density at radius 1 is 1.29 bits per heavy atom. The maximum atomic E-state index is 5.82. The largest absolute Gasteiger partial charge is 0.376 e. The van der Waals surface area contributed by atoms with Gasteiger partial charge in [0, 0.05) is 7.11 Å². The van der Waals surface area contributed by atoms with Gasteiger partial charge in [-0.1, -0.05) is 37.3 Å². The van der Waals surface area contributed by atoms with Crippen LogP contribution in [-0.2, 0) is 4.74 Å². The van der Waals surface area contributed by atoms with Crippen LogP contribution in [0, 0.1) is 0 Å². The van der Waals surface area contributed by atoms with Crippen LogP contribution in [0.25, 0.3) is 0 Å². The van der Waals surface area contributed by atoms with E-state index in [1.54, 1.807) is 0 Å². The highest BCUT2D eigenvalue weighted by molar-refractivity contribution is 5.23. The Bertz CT molecular complexity index is 327. The van der Waals surface area contributed by atoms with Crippen LogP contribution in [0.1, 0.15) is 44.2 Å². The summed E-state index contributed by atoms with van der Waals surface area (Å²) < 4.78 is 5.82. The fraction of sp³-hybridized carbons (Fsp3) is 0.600. The molecule has 2 heteroatoms. The van der Waals surface area contributed by atoms with Gasteiger partial charge in [0.1, 0.15) is 0 Å². The first-order chi connectivity index (χ1) is 8.32. The second kappa shape index (κ2) is 5.65. The third-order valence-corrected chi connectivity index (χ3v) is 3.86. The molecule has 1 unspecified atom stereocenters. The molecular weight excluding hydrogens is 210 g/mol. The summed E-state index contributed by atoms with van der Waals surface area (Å²) in [5, 5.41) is 3.65. The molecule has 0 aliphatic heterocycles. The number of nitrogens with one attached hydrogen (secondary N) is 1. The van der Waals surface area contributed by atoms with Crippen LogP contribution in [0.3, 0.4) is 0 Å². The molecule has 0 spiro atoms. The standard InChI is InChI=1S/C15H23NO/c1-3-12-16-14(13-8-5-4-6-9-13)15(17-2)10-7-11-15/h4-6,8-9,14,16H,3,7,10-12H2,1-2H3. The van der Waals surface area contributed by atoms with Crippen LogP contribution < -0.4 is 5.32 Å². The number of ether oxygens (including phenoxy) is 1. The molecule has 0 saturated heterocycles. The van der Waals surface area contributed by atoms with E-state index >= 15 is 0 Å². The average Bonchev–Trinajstić information content (AvgIpc) is 2.33. The van der Waals surface area contributed by atoms with E-state index < -0.39 is 0 Å². The van der Waals surface area contributed by atoms with Gasteiger partial charge in [-0.2, -0.15) is 0 Å². The van der Waals surface area contributed by atoms with Gasteiger partial charge in [-0.3, -0.25) is 0 Å². The molecule has 0 aromatic heterocycles. The lowest BCUT2D eigenvalue weighted by Crippen LogP contribution is -2.50. The lowest BCUT2D eigenvalue weighted by molar-refractivity contribution is -0.0997. The van der Waals surface area contributed by atoms with Crippen molar-refractivity contribution in [2.75, 3.05) is 13.7 Å². The van der Waals surface area contributed by atoms with Crippen molar-refractivity contribution >= 4 is 0 Å². The lowest BCUT2D eigenvalue weighted by Gasteiger charge is -2.47. The van der Waals surface area contributed by atoms with Gasteiger partial charge in [0.05, 0.1) is 11.6 Å². The van der Waals surface area contributed by atoms with E-state index in [-0.39, 0.29) is 5.60 Å². The molecule has 0 heterocycles. The first kappa shape index (κ1) is 12.6. The summed E-state index contributed by atoms with van der Waals surface area (Å²) in [4.78, 5) is 0. The van der Waals surface area contributed by atoms with Crippen molar-refractivity contribution in [3.63, 3.8) is 0 Å². The molecule has 0 bridgehead atoms. The van der Waals surface area contributed by atoms with Crippen molar-refractivity contribution in [2.45, 2.75) is 44.2 Å². The summed E-state index contributed by atoms with van der Waals surface area (Å²) >= 11 is 0. The number of hydrogen-bond donors (Lipinski definition) is 1. The molecular formula is C15H23NO. The predicted molar refractivity (Wildman–Crippen MR) is 71.1 cm³/mol. The highest BCUT2D eigenvalue weighted by Crippen LogP contribution is 2.44. The summed E-state index contributed by atoms with van der Waals surface area (Å²) in [5.74, 6) is 0. The van der Waals surface area contributed by atoms with E-state index in [9.17, 15) is 0 Å². The highest BCUT2D eigenvalue weighted by Gasteiger charge is 2.44. The third-order valence-electron chi connectivity index (χ3n) is 3.86. The Morgan fingerprint density at radius 2 is 2.00 bits per heavy atom. The lowest BCUT2D eigenvalue weighted by atomic mass is 9.72. The predicted octanol–water partition coefficient (Wildman–Crippen LogP) is 3.30. The zero-order valence-corrected chi connectivity index (χ0v) is 10.9. The van der Waals surface area contributed by atoms with Crippen LogP contribution in [-0.4, -0.2) is 19.3 Å². The summed E-state index contributed by atoms with van der Waals surface area (Å²) in [7, 11) is 1.85. The number of rotatable bonds is 6. The molecule has 1 saturated carbocycles. The van der Waals surface area contributed by atoms with E-state index in [1.165, 1.54) is 24.8 Å². The smallest absolute Gasteiger partial charge is 0.0872 e. The van der Waals surface area contributed by atoms with Gasteiger partial charge in [0.25, 0.3) is 0 Å². The minimum atomic E-state index is 0.0243. The van der Waals surface area contributed by atoms with Crippen LogP contribution in [0.15, 0.2) is 30.3 Å². The van der Waals surface area contributed by atoms with Crippen LogP contribution in [0.4, 0.5) is 0 Å². The number of hydrogen-bond acceptors (Lipinski definition) is 2. The summed E-state index contributed by atoms with van der Waals surface area (Å²) in [6, 6.07) is 11.0. The van der Waals surface area contributed by atoms with Crippen molar-refractivity contribution in [3.05, 3.63) is 35.9 Å². The Balaban J connectivity index is 2.19. The monoisotopic (exact) mass is 233 g/mol. The van der Waals surface area contributed by atoms with Crippen molar-refractivity contribution < 1.29 is 4.74 Å². The Morgan fingerprint density at radius 3 is 2.47 bits per heavy atom. The normalized spacial score (nSPS) is 19.6. The highest BCUT2D eigenvalue weighted by atomic mass is 16.5. The molecule has 0 amide bonds. The van der Waals surface area contributed by atoms with Gasteiger partial charge >= 0.3 is 0 Å². The van der Waals surface area contributed by atoms with Crippen molar-refractivity contribution in [3.8, 4) is 0 Å². The molecule has 1 aromatic carbocycles. The van der Waals surface area contributed by atoms with Crippen LogP contribution >= 0.6 is 0 Å². The van der Waals surface area contributed by atoms with E-state index in [4.69, 9.17) is 4.74 Å². The molecule has 0 radical (unpaired) electrons. The van der Waals surface area contributed by atoms with Gasteiger partial charge in [-0.05, 0) is 37.8 Å². The van der Waals surface area contributed by atoms with Gasteiger partial charge < -0.3 is 10.1 Å². The molecule has 1 atom stereocenters. The van der Waals surface area contributed by atoms with Crippen molar-refractivity contribution in [1.29, 1.82) is 0 Å². The quantitative estimate of drug-likeness (QED) is 0.814. The molecule has 2 nitrogen and oxygen atoms in total. The minimum Gasteiger partial charge on any atom is -0.376 e. The van der Waals surface area contributed by atoms with Crippen LogP contribution in [0.5, 0.6) is 0 Å².